The Hall–Kier alpha value is -2.11. The molecule has 1 aliphatic rings. The van der Waals surface area contributed by atoms with Crippen molar-refractivity contribution < 1.29 is 4.39 Å². The van der Waals surface area contributed by atoms with Crippen LogP contribution in [0.5, 0.6) is 0 Å². The van der Waals surface area contributed by atoms with Crippen molar-refractivity contribution in [2.24, 2.45) is 0 Å². The number of nitrogens with zero attached hydrogens (tertiary/aromatic N) is 2. The second-order valence-electron chi connectivity index (χ2n) is 7.36. The molecule has 1 saturated heterocycles. The molecule has 1 aromatic heterocycles. The molecule has 2 N–H and O–H groups in total. The SMILES string of the molecule is Cc1cc2nc(NC3CCNCC3)n(Cc3ccc(F)c(Cl)c3)c2cc1C. The molecule has 0 saturated carbocycles. The van der Waals surface area contributed by atoms with E-state index in [2.05, 4.69) is 41.2 Å². The highest BCUT2D eigenvalue weighted by Gasteiger charge is 2.18. The predicted octanol–water partition coefficient (Wildman–Crippen LogP) is 4.66. The zero-order valence-electron chi connectivity index (χ0n) is 15.6. The number of benzene rings is 2. The number of nitrogens with one attached hydrogen (secondary N) is 2. The van der Waals surface area contributed by atoms with Gasteiger partial charge in [-0.1, -0.05) is 17.7 Å². The van der Waals surface area contributed by atoms with E-state index in [1.165, 1.54) is 17.2 Å². The topological polar surface area (TPSA) is 41.9 Å². The van der Waals surface area contributed by atoms with Crippen LogP contribution in [0.4, 0.5) is 10.3 Å². The number of imidazole rings is 1. The van der Waals surface area contributed by atoms with E-state index in [1.807, 2.05) is 0 Å². The third kappa shape index (κ3) is 3.80. The molecular formula is C21H24ClFN4. The summed E-state index contributed by atoms with van der Waals surface area (Å²) in [7, 11) is 0. The van der Waals surface area contributed by atoms with Gasteiger partial charge >= 0.3 is 0 Å². The molecular weight excluding hydrogens is 363 g/mol. The zero-order chi connectivity index (χ0) is 19.0. The lowest BCUT2D eigenvalue weighted by molar-refractivity contribution is 0.476. The van der Waals surface area contributed by atoms with Gasteiger partial charge in [0, 0.05) is 6.04 Å². The Labute approximate surface area is 163 Å². The van der Waals surface area contributed by atoms with E-state index < -0.39 is 5.82 Å². The molecule has 0 radical (unpaired) electrons. The van der Waals surface area contributed by atoms with Crippen LogP contribution in [0.15, 0.2) is 30.3 Å². The molecule has 2 aromatic carbocycles. The van der Waals surface area contributed by atoms with Crippen LogP contribution in [0, 0.1) is 19.7 Å². The van der Waals surface area contributed by atoms with Gasteiger partial charge in [-0.2, -0.15) is 0 Å². The third-order valence-electron chi connectivity index (χ3n) is 5.36. The number of piperidine rings is 1. The van der Waals surface area contributed by atoms with Gasteiger partial charge in [0.2, 0.25) is 5.95 Å². The normalized spacial score (nSPS) is 15.4. The average Bonchev–Trinajstić information content (AvgIpc) is 2.96. The molecule has 0 unspecified atom stereocenters. The molecule has 1 fully saturated rings. The van der Waals surface area contributed by atoms with Crippen molar-refractivity contribution in [1.82, 2.24) is 14.9 Å². The molecule has 27 heavy (non-hydrogen) atoms. The standard InChI is InChI=1S/C21H24ClFN4/c1-13-9-19-20(10-14(13)2)27(12-15-3-4-18(23)17(22)11-15)21(26-19)25-16-5-7-24-8-6-16/h3-4,9-11,16,24H,5-8,12H2,1-2H3,(H,25,26). The van der Waals surface area contributed by atoms with E-state index in [0.29, 0.717) is 12.6 Å². The second kappa shape index (κ2) is 7.49. The summed E-state index contributed by atoms with van der Waals surface area (Å²) in [4.78, 5) is 4.87. The van der Waals surface area contributed by atoms with Crippen LogP contribution in [0.2, 0.25) is 5.02 Å². The summed E-state index contributed by atoms with van der Waals surface area (Å²) in [5.74, 6) is 0.470. The number of hydrogen-bond acceptors (Lipinski definition) is 3. The van der Waals surface area contributed by atoms with E-state index in [-0.39, 0.29) is 5.02 Å². The first-order chi connectivity index (χ1) is 13.0. The number of fused-ring (bicyclic) bond motifs is 1. The highest BCUT2D eigenvalue weighted by Crippen LogP contribution is 2.26. The van der Waals surface area contributed by atoms with Gasteiger partial charge in [-0.25, -0.2) is 9.37 Å². The quantitative estimate of drug-likeness (QED) is 0.685. The van der Waals surface area contributed by atoms with Crippen LogP contribution < -0.4 is 10.6 Å². The number of halogens is 2. The van der Waals surface area contributed by atoms with Gasteiger partial charge in [0.25, 0.3) is 0 Å². The van der Waals surface area contributed by atoms with Gasteiger partial charge in [0.15, 0.2) is 0 Å². The molecule has 0 amide bonds. The summed E-state index contributed by atoms with van der Waals surface area (Å²) in [5.41, 5.74) is 5.46. The Balaban J connectivity index is 1.75. The van der Waals surface area contributed by atoms with Gasteiger partial charge in [-0.3, -0.25) is 0 Å². The van der Waals surface area contributed by atoms with Crippen molar-refractivity contribution in [2.45, 2.75) is 39.3 Å². The molecule has 142 valence electrons. The zero-order valence-corrected chi connectivity index (χ0v) is 16.4. The number of rotatable bonds is 4. The molecule has 0 spiro atoms. The van der Waals surface area contributed by atoms with Crippen LogP contribution >= 0.6 is 11.6 Å². The maximum Gasteiger partial charge on any atom is 0.204 e. The largest absolute Gasteiger partial charge is 0.353 e. The lowest BCUT2D eigenvalue weighted by atomic mass is 10.1. The van der Waals surface area contributed by atoms with Crippen LogP contribution in [0.3, 0.4) is 0 Å². The van der Waals surface area contributed by atoms with Crippen LogP contribution in [-0.4, -0.2) is 28.7 Å². The van der Waals surface area contributed by atoms with Crippen molar-refractivity contribution in [3.8, 4) is 0 Å². The predicted molar refractivity (Wildman–Crippen MR) is 109 cm³/mol. The summed E-state index contributed by atoms with van der Waals surface area (Å²) in [6.07, 6.45) is 2.15. The minimum Gasteiger partial charge on any atom is -0.353 e. The first-order valence-electron chi connectivity index (χ1n) is 9.40. The summed E-state index contributed by atoms with van der Waals surface area (Å²) >= 11 is 5.99. The molecule has 1 aliphatic heterocycles. The molecule has 0 aliphatic carbocycles. The molecule has 0 bridgehead atoms. The Morgan fingerprint density at radius 3 is 2.67 bits per heavy atom. The van der Waals surface area contributed by atoms with E-state index in [4.69, 9.17) is 16.6 Å². The smallest absolute Gasteiger partial charge is 0.204 e. The Morgan fingerprint density at radius 1 is 1.19 bits per heavy atom. The maximum absolute atomic E-state index is 13.5. The third-order valence-corrected chi connectivity index (χ3v) is 5.65. The van der Waals surface area contributed by atoms with Gasteiger partial charge in [-0.05, 0) is 80.7 Å². The minimum atomic E-state index is -0.393. The summed E-state index contributed by atoms with van der Waals surface area (Å²) in [5, 5.41) is 7.17. The van der Waals surface area contributed by atoms with Crippen LogP contribution in [0.1, 0.15) is 29.5 Å². The fraction of sp³-hybridized carbons (Fsp3) is 0.381. The van der Waals surface area contributed by atoms with E-state index in [9.17, 15) is 4.39 Å². The summed E-state index contributed by atoms with van der Waals surface area (Å²) in [6, 6.07) is 9.61. The molecule has 2 heterocycles. The second-order valence-corrected chi connectivity index (χ2v) is 7.77. The Bertz CT molecular complexity index is 976. The maximum atomic E-state index is 13.5. The number of aromatic nitrogens is 2. The summed E-state index contributed by atoms with van der Waals surface area (Å²) in [6.45, 7) is 6.84. The monoisotopic (exact) mass is 386 g/mol. The molecule has 6 heteroatoms. The van der Waals surface area contributed by atoms with Crippen LogP contribution in [0.25, 0.3) is 11.0 Å². The van der Waals surface area contributed by atoms with Crippen LogP contribution in [-0.2, 0) is 6.54 Å². The number of aryl methyl sites for hydroxylation is 2. The Morgan fingerprint density at radius 2 is 1.93 bits per heavy atom. The van der Waals surface area contributed by atoms with Gasteiger partial charge in [0.1, 0.15) is 5.82 Å². The fourth-order valence-electron chi connectivity index (χ4n) is 3.62. The first-order valence-corrected chi connectivity index (χ1v) is 9.78. The minimum absolute atomic E-state index is 0.150. The molecule has 4 nitrogen and oxygen atoms in total. The van der Waals surface area contributed by atoms with Crippen molar-refractivity contribution in [3.63, 3.8) is 0 Å². The van der Waals surface area contributed by atoms with Crippen molar-refractivity contribution in [2.75, 3.05) is 18.4 Å². The molecule has 3 aromatic rings. The van der Waals surface area contributed by atoms with Gasteiger partial charge < -0.3 is 15.2 Å². The number of hydrogen-bond donors (Lipinski definition) is 2. The fourth-order valence-corrected chi connectivity index (χ4v) is 3.82. The lowest BCUT2D eigenvalue weighted by Gasteiger charge is -2.24. The summed E-state index contributed by atoms with van der Waals surface area (Å²) < 4.78 is 15.7. The lowest BCUT2D eigenvalue weighted by Crippen LogP contribution is -2.36. The van der Waals surface area contributed by atoms with E-state index in [0.717, 1.165) is 48.5 Å². The molecule has 0 atom stereocenters. The Kier molecular flexibility index (Phi) is 5.06. The van der Waals surface area contributed by atoms with E-state index in [1.54, 1.807) is 12.1 Å². The average molecular weight is 387 g/mol. The van der Waals surface area contributed by atoms with E-state index >= 15 is 0 Å². The number of anilines is 1. The van der Waals surface area contributed by atoms with Gasteiger partial charge in [-0.15, -0.1) is 0 Å². The first kappa shape index (κ1) is 18.3. The highest BCUT2D eigenvalue weighted by molar-refractivity contribution is 6.30. The highest BCUT2D eigenvalue weighted by atomic mass is 35.5. The molecule has 4 rings (SSSR count). The van der Waals surface area contributed by atoms with Crippen molar-refractivity contribution in [1.29, 1.82) is 0 Å². The van der Waals surface area contributed by atoms with Crippen molar-refractivity contribution in [3.05, 3.63) is 57.9 Å². The van der Waals surface area contributed by atoms with Crippen molar-refractivity contribution >= 4 is 28.6 Å². The van der Waals surface area contributed by atoms with Gasteiger partial charge in [0.05, 0.1) is 22.6 Å².